The SMILES string of the molecule is CN(CC1CCOCC1)C(=O)NC1Cc2cc(O)ccc2-c2c(C3CCCCC3)c3ccc(C(=O)NS(=O)(=O)N(C)C)cc3n2C1. The highest BCUT2D eigenvalue weighted by molar-refractivity contribution is 7.87. The van der Waals surface area contributed by atoms with Crippen molar-refractivity contribution in [2.75, 3.05) is 40.9 Å². The molecule has 12 heteroatoms. The fourth-order valence-electron chi connectivity index (χ4n) is 7.38. The zero-order valence-electron chi connectivity index (χ0n) is 26.9. The maximum absolute atomic E-state index is 13.5. The molecule has 0 spiro atoms. The Kier molecular flexibility index (Phi) is 9.31. The zero-order chi connectivity index (χ0) is 32.6. The average molecular weight is 652 g/mol. The molecule has 248 valence electrons. The lowest BCUT2D eigenvalue weighted by Gasteiger charge is -2.29. The Morgan fingerprint density at radius 2 is 1.74 bits per heavy atom. The van der Waals surface area contributed by atoms with Crippen LogP contribution in [0.5, 0.6) is 5.75 Å². The number of phenols is 1. The Morgan fingerprint density at radius 1 is 1.00 bits per heavy atom. The highest BCUT2D eigenvalue weighted by atomic mass is 32.2. The van der Waals surface area contributed by atoms with Crippen LogP contribution in [-0.2, 0) is 27.9 Å². The molecule has 1 saturated carbocycles. The van der Waals surface area contributed by atoms with Crippen molar-refractivity contribution in [1.82, 2.24) is 23.8 Å². The first-order valence-electron chi connectivity index (χ1n) is 16.3. The number of nitrogens with one attached hydrogen (secondary N) is 2. The van der Waals surface area contributed by atoms with Crippen LogP contribution in [0.2, 0.25) is 0 Å². The van der Waals surface area contributed by atoms with Gasteiger partial charge in [0, 0.05) is 69.5 Å². The largest absolute Gasteiger partial charge is 0.508 e. The number of rotatable bonds is 7. The molecule has 1 atom stereocenters. The number of urea groups is 1. The summed E-state index contributed by atoms with van der Waals surface area (Å²) in [7, 11) is 0.586. The molecule has 2 aliphatic heterocycles. The van der Waals surface area contributed by atoms with Crippen LogP contribution in [0.25, 0.3) is 22.2 Å². The summed E-state index contributed by atoms with van der Waals surface area (Å²) in [4.78, 5) is 28.5. The van der Waals surface area contributed by atoms with Gasteiger partial charge in [-0.25, -0.2) is 9.52 Å². The Hall–Kier alpha value is -3.61. The average Bonchev–Trinajstić information content (AvgIpc) is 3.25. The van der Waals surface area contributed by atoms with Gasteiger partial charge in [-0.1, -0.05) is 25.3 Å². The molecular formula is C34H45N5O6S. The van der Waals surface area contributed by atoms with Crippen LogP contribution in [0.15, 0.2) is 36.4 Å². The maximum atomic E-state index is 13.5. The highest BCUT2D eigenvalue weighted by Gasteiger charge is 2.32. The molecule has 3 aromatic rings. The number of hydrogen-bond acceptors (Lipinski definition) is 6. The van der Waals surface area contributed by atoms with Crippen LogP contribution in [0.1, 0.15) is 72.3 Å². The van der Waals surface area contributed by atoms with Crippen molar-refractivity contribution in [3.8, 4) is 17.0 Å². The molecule has 1 aromatic heterocycles. The summed E-state index contributed by atoms with van der Waals surface area (Å²) < 4.78 is 35.8. The lowest BCUT2D eigenvalue weighted by atomic mass is 9.81. The topological polar surface area (TPSA) is 133 Å². The molecule has 46 heavy (non-hydrogen) atoms. The summed E-state index contributed by atoms with van der Waals surface area (Å²) in [5, 5.41) is 14.8. The van der Waals surface area contributed by atoms with Gasteiger partial charge in [0.2, 0.25) is 0 Å². The molecule has 1 saturated heterocycles. The molecule has 3 heterocycles. The summed E-state index contributed by atoms with van der Waals surface area (Å²) in [6.45, 7) is 2.54. The van der Waals surface area contributed by atoms with Crippen LogP contribution in [0.3, 0.4) is 0 Å². The van der Waals surface area contributed by atoms with E-state index in [0.717, 1.165) is 83.8 Å². The van der Waals surface area contributed by atoms with Gasteiger partial charge in [-0.2, -0.15) is 12.7 Å². The van der Waals surface area contributed by atoms with E-state index in [9.17, 15) is 23.1 Å². The molecule has 2 fully saturated rings. The first-order valence-corrected chi connectivity index (χ1v) is 17.8. The monoisotopic (exact) mass is 651 g/mol. The number of benzene rings is 2. The number of amides is 3. The van der Waals surface area contributed by atoms with Crippen molar-refractivity contribution >= 4 is 33.1 Å². The number of nitrogens with zero attached hydrogens (tertiary/aromatic N) is 3. The smallest absolute Gasteiger partial charge is 0.317 e. The number of fused-ring (bicyclic) bond motifs is 5. The van der Waals surface area contributed by atoms with Crippen molar-refractivity contribution in [3.63, 3.8) is 0 Å². The predicted octanol–water partition coefficient (Wildman–Crippen LogP) is 4.59. The van der Waals surface area contributed by atoms with Crippen LogP contribution < -0.4 is 10.0 Å². The number of hydrogen-bond donors (Lipinski definition) is 3. The summed E-state index contributed by atoms with van der Waals surface area (Å²) in [5.74, 6) is 0.184. The van der Waals surface area contributed by atoms with Crippen molar-refractivity contribution in [2.24, 2.45) is 5.92 Å². The van der Waals surface area contributed by atoms with Gasteiger partial charge in [-0.15, -0.1) is 0 Å². The van der Waals surface area contributed by atoms with E-state index in [1.807, 2.05) is 19.2 Å². The lowest BCUT2D eigenvalue weighted by Crippen LogP contribution is -2.47. The third-order valence-corrected chi connectivity index (χ3v) is 11.2. The molecule has 1 unspecified atom stereocenters. The van der Waals surface area contributed by atoms with Gasteiger partial charge in [0.25, 0.3) is 5.91 Å². The number of aromatic nitrogens is 1. The molecule has 1 aliphatic carbocycles. The van der Waals surface area contributed by atoms with Gasteiger partial charge in [-0.3, -0.25) is 4.79 Å². The fourth-order valence-corrected chi connectivity index (χ4v) is 7.92. The molecule has 2 aromatic carbocycles. The van der Waals surface area contributed by atoms with Gasteiger partial charge in [0.1, 0.15) is 5.75 Å². The summed E-state index contributed by atoms with van der Waals surface area (Å²) in [6, 6.07) is 10.4. The van der Waals surface area contributed by atoms with Crippen LogP contribution in [0.4, 0.5) is 4.79 Å². The van der Waals surface area contributed by atoms with E-state index in [0.29, 0.717) is 31.3 Å². The van der Waals surface area contributed by atoms with Crippen molar-refractivity contribution in [3.05, 3.63) is 53.1 Å². The summed E-state index contributed by atoms with van der Waals surface area (Å²) in [5.41, 5.74) is 5.27. The van der Waals surface area contributed by atoms with Crippen LogP contribution in [0, 0.1) is 5.92 Å². The Balaban J connectivity index is 1.43. The van der Waals surface area contributed by atoms with Crippen molar-refractivity contribution < 1.29 is 27.9 Å². The first kappa shape index (κ1) is 32.3. The number of phenolic OH excluding ortho intramolecular Hbond substituents is 1. The Morgan fingerprint density at radius 3 is 2.46 bits per heavy atom. The van der Waals surface area contributed by atoms with E-state index in [-0.39, 0.29) is 23.4 Å². The summed E-state index contributed by atoms with van der Waals surface area (Å²) >= 11 is 0. The van der Waals surface area contributed by atoms with Gasteiger partial charge < -0.3 is 24.6 Å². The van der Waals surface area contributed by atoms with E-state index >= 15 is 0 Å². The molecular weight excluding hydrogens is 606 g/mol. The second-order valence-electron chi connectivity index (χ2n) is 13.3. The highest BCUT2D eigenvalue weighted by Crippen LogP contribution is 2.46. The minimum atomic E-state index is -3.98. The molecule has 3 N–H and O–H groups in total. The van der Waals surface area contributed by atoms with E-state index in [1.165, 1.54) is 26.1 Å². The fraction of sp³-hybridized carbons (Fsp3) is 0.529. The lowest BCUT2D eigenvalue weighted by molar-refractivity contribution is 0.0584. The predicted molar refractivity (Wildman–Crippen MR) is 177 cm³/mol. The van der Waals surface area contributed by atoms with Crippen molar-refractivity contribution in [2.45, 2.75) is 69.9 Å². The second kappa shape index (κ2) is 13.2. The Labute approximate surface area is 271 Å². The van der Waals surface area contributed by atoms with E-state index in [1.54, 1.807) is 29.2 Å². The number of aromatic hydroxyl groups is 1. The zero-order valence-corrected chi connectivity index (χ0v) is 27.7. The van der Waals surface area contributed by atoms with E-state index < -0.39 is 16.1 Å². The molecule has 3 aliphatic rings. The first-order chi connectivity index (χ1) is 22.0. The summed E-state index contributed by atoms with van der Waals surface area (Å²) in [6.07, 6.45) is 7.98. The van der Waals surface area contributed by atoms with Crippen LogP contribution in [-0.4, -0.2) is 86.2 Å². The maximum Gasteiger partial charge on any atom is 0.317 e. The quantitative estimate of drug-likeness (QED) is 0.342. The minimum absolute atomic E-state index is 0.153. The molecule has 11 nitrogen and oxygen atoms in total. The van der Waals surface area contributed by atoms with Gasteiger partial charge in [-0.05, 0) is 85.4 Å². The molecule has 6 rings (SSSR count). The molecule has 0 radical (unpaired) electrons. The van der Waals surface area contributed by atoms with Crippen LogP contribution >= 0.6 is 0 Å². The van der Waals surface area contributed by atoms with Gasteiger partial charge in [0.15, 0.2) is 0 Å². The third-order valence-electron chi connectivity index (χ3n) is 9.84. The molecule has 3 amide bonds. The molecule has 0 bridgehead atoms. The van der Waals surface area contributed by atoms with Gasteiger partial charge >= 0.3 is 16.2 Å². The number of ether oxygens (including phenoxy) is 1. The normalized spacial score (nSPS) is 19.3. The number of carbonyl (C=O) groups excluding carboxylic acids is 2. The minimum Gasteiger partial charge on any atom is -0.508 e. The van der Waals surface area contributed by atoms with Crippen molar-refractivity contribution in [1.29, 1.82) is 0 Å². The number of carbonyl (C=O) groups is 2. The van der Waals surface area contributed by atoms with Gasteiger partial charge in [0.05, 0.1) is 11.7 Å². The Bertz CT molecular complexity index is 1720. The van der Waals surface area contributed by atoms with E-state index in [4.69, 9.17) is 4.74 Å². The standard InChI is InChI=1S/C34H45N5O6S/c1-37(2)46(43,44)36-33(41)24-9-11-29-30(19-24)39-21-26(35-34(42)38(3)20-22-13-15-45-16-14-22)17-25-18-27(40)10-12-28(25)32(39)31(29)23-7-5-4-6-8-23/h9-12,18-19,22-23,26,40H,4-8,13-17,20-21H2,1-3H3,(H,35,42)(H,36,41). The second-order valence-corrected chi connectivity index (χ2v) is 15.2. The third kappa shape index (κ3) is 6.61. The van der Waals surface area contributed by atoms with E-state index in [2.05, 4.69) is 14.6 Å².